The third-order valence-electron chi connectivity index (χ3n) is 1.70. The van der Waals surface area contributed by atoms with Crippen LogP contribution in [0.2, 0.25) is 0 Å². The number of rotatable bonds is 1. The van der Waals surface area contributed by atoms with Gasteiger partial charge in [-0.05, 0) is 0 Å². The molecule has 0 bridgehead atoms. The van der Waals surface area contributed by atoms with E-state index < -0.39 is 0 Å². The van der Waals surface area contributed by atoms with Crippen molar-refractivity contribution >= 4 is 21.2 Å². The summed E-state index contributed by atoms with van der Waals surface area (Å²) in [6, 6.07) is 8.43. The molecule has 2 aromatic rings. The molecule has 3 heteroatoms. The van der Waals surface area contributed by atoms with Gasteiger partial charge in [0.25, 0.3) is 0 Å². The van der Waals surface area contributed by atoms with E-state index in [1.807, 2.05) is 10.8 Å². The van der Waals surface area contributed by atoms with Gasteiger partial charge in [-0.3, -0.25) is 0 Å². The van der Waals surface area contributed by atoms with E-state index in [4.69, 9.17) is 0 Å². The molecule has 1 aromatic carbocycles. The molecule has 0 spiro atoms. The SMILES string of the molecule is [AsH2]c1ccc(-n2ccnc2)cc1. The van der Waals surface area contributed by atoms with Gasteiger partial charge in [-0.15, -0.1) is 0 Å². The molecule has 1 unspecified atom stereocenters. The first-order valence-corrected chi connectivity index (χ1v) is 4.91. The summed E-state index contributed by atoms with van der Waals surface area (Å²) in [6.45, 7) is 0. The van der Waals surface area contributed by atoms with Gasteiger partial charge < -0.3 is 0 Å². The molecular weight excluding hydrogens is 211 g/mol. The second kappa shape index (κ2) is 3.16. The summed E-state index contributed by atoms with van der Waals surface area (Å²) in [5.74, 6) is 0. The van der Waals surface area contributed by atoms with Crippen LogP contribution in [-0.2, 0) is 0 Å². The molecule has 60 valence electrons. The number of nitrogens with zero attached hydrogens (tertiary/aromatic N) is 2. The molecule has 0 radical (unpaired) electrons. The zero-order chi connectivity index (χ0) is 8.39. The Morgan fingerprint density at radius 2 is 1.92 bits per heavy atom. The van der Waals surface area contributed by atoms with Crippen LogP contribution in [0.15, 0.2) is 43.0 Å². The predicted molar refractivity (Wildman–Crippen MR) is 51.7 cm³/mol. The average molecular weight is 220 g/mol. The van der Waals surface area contributed by atoms with E-state index in [-0.39, 0.29) is 0 Å². The standard InChI is InChI=1S/C9H9AsN2/c10-8-1-3-9(4-2-8)12-6-5-11-7-12/h1-7H,10H2. The van der Waals surface area contributed by atoms with Crippen molar-refractivity contribution < 1.29 is 0 Å². The first-order chi connectivity index (χ1) is 5.86. The number of hydrogen-bond acceptors (Lipinski definition) is 1. The first-order valence-electron chi connectivity index (χ1n) is 3.70. The fraction of sp³-hybridized carbons (Fsp3) is 0. The zero-order valence-corrected chi connectivity index (χ0v) is 8.94. The van der Waals surface area contributed by atoms with Gasteiger partial charge in [-0.25, -0.2) is 0 Å². The Kier molecular flexibility index (Phi) is 2.01. The van der Waals surface area contributed by atoms with E-state index in [1.165, 1.54) is 4.35 Å². The molecule has 0 saturated heterocycles. The van der Waals surface area contributed by atoms with E-state index in [0.717, 1.165) is 5.69 Å². The molecule has 0 fully saturated rings. The summed E-state index contributed by atoms with van der Waals surface area (Å²) < 4.78 is 3.33. The number of benzene rings is 1. The molecule has 2 nitrogen and oxygen atoms in total. The number of aromatic nitrogens is 2. The third kappa shape index (κ3) is 1.44. The second-order valence-corrected chi connectivity index (χ2v) is 3.96. The van der Waals surface area contributed by atoms with Crippen LogP contribution in [0.25, 0.3) is 5.69 Å². The summed E-state index contributed by atoms with van der Waals surface area (Å²) in [5, 5.41) is 0. The normalized spacial score (nSPS) is 10.1. The summed E-state index contributed by atoms with van der Waals surface area (Å²) in [6.07, 6.45) is 5.52. The molecular formula is C9H9AsN2. The Balaban J connectivity index is 2.43. The third-order valence-corrected chi connectivity index (χ3v) is 2.50. The monoisotopic (exact) mass is 220 g/mol. The molecule has 1 atom stereocenters. The molecule has 2 rings (SSSR count). The topological polar surface area (TPSA) is 17.8 Å². The predicted octanol–water partition coefficient (Wildman–Crippen LogP) is 0.131. The van der Waals surface area contributed by atoms with Crippen LogP contribution in [-0.4, -0.2) is 26.4 Å². The van der Waals surface area contributed by atoms with Gasteiger partial charge in [0.2, 0.25) is 0 Å². The quantitative estimate of drug-likeness (QED) is 0.624. The summed E-state index contributed by atoms with van der Waals surface area (Å²) in [5.41, 5.74) is 1.16. The Hall–Kier alpha value is -1.01. The summed E-state index contributed by atoms with van der Waals surface area (Å²) >= 11 is 1.65. The maximum atomic E-state index is 3.99. The molecule has 0 aliphatic rings. The number of hydrogen-bond donors (Lipinski definition) is 0. The van der Waals surface area contributed by atoms with Crippen molar-refractivity contribution in [1.82, 2.24) is 9.55 Å². The fourth-order valence-electron chi connectivity index (χ4n) is 1.06. The van der Waals surface area contributed by atoms with Crippen LogP contribution >= 0.6 is 0 Å². The molecule has 1 heterocycles. The molecule has 12 heavy (non-hydrogen) atoms. The van der Waals surface area contributed by atoms with Gasteiger partial charge in [0.1, 0.15) is 0 Å². The van der Waals surface area contributed by atoms with Crippen LogP contribution in [0, 0.1) is 0 Å². The van der Waals surface area contributed by atoms with Crippen LogP contribution in [0.4, 0.5) is 0 Å². The van der Waals surface area contributed by atoms with Gasteiger partial charge in [0.15, 0.2) is 0 Å². The molecule has 0 saturated carbocycles. The summed E-state index contributed by atoms with van der Waals surface area (Å²) in [7, 11) is 0. The average Bonchev–Trinajstić information content (AvgIpc) is 2.58. The van der Waals surface area contributed by atoms with Crippen molar-refractivity contribution in [3.63, 3.8) is 0 Å². The van der Waals surface area contributed by atoms with Gasteiger partial charge in [-0.1, -0.05) is 0 Å². The summed E-state index contributed by atoms with van der Waals surface area (Å²) in [4.78, 5) is 3.99. The van der Waals surface area contributed by atoms with Gasteiger partial charge >= 0.3 is 79.4 Å². The van der Waals surface area contributed by atoms with Crippen molar-refractivity contribution in [2.24, 2.45) is 0 Å². The van der Waals surface area contributed by atoms with Gasteiger partial charge in [0.05, 0.1) is 0 Å². The van der Waals surface area contributed by atoms with Crippen molar-refractivity contribution in [1.29, 1.82) is 0 Å². The Bertz CT molecular complexity index is 351. The van der Waals surface area contributed by atoms with Gasteiger partial charge in [-0.2, -0.15) is 0 Å². The van der Waals surface area contributed by atoms with Crippen molar-refractivity contribution in [2.45, 2.75) is 0 Å². The van der Waals surface area contributed by atoms with E-state index in [9.17, 15) is 0 Å². The first kappa shape index (κ1) is 7.63. The van der Waals surface area contributed by atoms with E-state index >= 15 is 0 Å². The fourth-order valence-corrected chi connectivity index (χ4v) is 1.46. The molecule has 0 aliphatic carbocycles. The van der Waals surface area contributed by atoms with Crippen molar-refractivity contribution in [2.75, 3.05) is 0 Å². The maximum absolute atomic E-state index is 3.99. The van der Waals surface area contributed by atoms with Crippen molar-refractivity contribution in [3.8, 4) is 5.69 Å². The van der Waals surface area contributed by atoms with Crippen LogP contribution in [0.3, 0.4) is 0 Å². The van der Waals surface area contributed by atoms with E-state index in [0.29, 0.717) is 0 Å². The van der Waals surface area contributed by atoms with Crippen LogP contribution < -0.4 is 4.35 Å². The Morgan fingerprint density at radius 3 is 2.50 bits per heavy atom. The minimum absolute atomic E-state index is 1.16. The van der Waals surface area contributed by atoms with Crippen LogP contribution in [0.1, 0.15) is 0 Å². The zero-order valence-electron chi connectivity index (χ0n) is 6.51. The molecule has 0 aliphatic heterocycles. The Morgan fingerprint density at radius 1 is 1.17 bits per heavy atom. The molecule has 0 N–H and O–H groups in total. The molecule has 0 amide bonds. The van der Waals surface area contributed by atoms with Crippen molar-refractivity contribution in [3.05, 3.63) is 43.0 Å². The Labute approximate surface area is 79.7 Å². The van der Waals surface area contributed by atoms with Gasteiger partial charge in [0, 0.05) is 0 Å². The van der Waals surface area contributed by atoms with E-state index in [2.05, 4.69) is 29.2 Å². The van der Waals surface area contributed by atoms with Crippen LogP contribution in [0.5, 0.6) is 0 Å². The van der Waals surface area contributed by atoms with E-state index in [1.54, 1.807) is 29.4 Å². The minimum atomic E-state index is 1.16. The molecule has 1 aromatic heterocycles. The second-order valence-electron chi connectivity index (χ2n) is 2.56. The number of imidazole rings is 1.